The Morgan fingerprint density at radius 2 is 1.86 bits per heavy atom. The Labute approximate surface area is 127 Å². The lowest BCUT2D eigenvalue weighted by Crippen LogP contribution is -2.43. The third-order valence-electron chi connectivity index (χ3n) is 4.09. The summed E-state index contributed by atoms with van der Waals surface area (Å²) in [4.78, 5) is 0. The molecule has 0 saturated heterocycles. The molecular formula is C16H15N5O. The van der Waals surface area contributed by atoms with Gasteiger partial charge >= 0.3 is 0 Å². The zero-order chi connectivity index (χ0) is 15.2. The molecule has 22 heavy (non-hydrogen) atoms. The van der Waals surface area contributed by atoms with E-state index in [9.17, 15) is 0 Å². The van der Waals surface area contributed by atoms with Crippen LogP contribution in [0.4, 0.5) is 5.69 Å². The molecule has 0 fully saturated rings. The van der Waals surface area contributed by atoms with Gasteiger partial charge in [0.2, 0.25) is 0 Å². The van der Waals surface area contributed by atoms with Crippen molar-refractivity contribution in [3.05, 3.63) is 54.1 Å². The van der Waals surface area contributed by atoms with E-state index >= 15 is 0 Å². The second-order valence-corrected chi connectivity index (χ2v) is 5.39. The number of nitrogens with zero attached hydrogens (tertiary/aromatic N) is 4. The second kappa shape index (κ2) is 4.56. The highest BCUT2D eigenvalue weighted by atomic mass is 16.5. The lowest BCUT2D eigenvalue weighted by atomic mass is 9.96. The maximum absolute atomic E-state index is 5.23. The highest BCUT2D eigenvalue weighted by Gasteiger charge is 2.37. The third kappa shape index (κ3) is 1.70. The number of anilines is 1. The summed E-state index contributed by atoms with van der Waals surface area (Å²) in [5.41, 5.74) is 2.51. The Hall–Kier alpha value is -2.89. The molecule has 0 radical (unpaired) electrons. The van der Waals surface area contributed by atoms with Crippen molar-refractivity contribution in [2.45, 2.75) is 12.6 Å². The summed E-state index contributed by atoms with van der Waals surface area (Å²) in [5, 5.41) is 15.8. The van der Waals surface area contributed by atoms with E-state index in [0.29, 0.717) is 0 Å². The van der Waals surface area contributed by atoms with E-state index in [4.69, 9.17) is 4.74 Å². The number of hydrogen-bond donors (Lipinski definition) is 1. The Balaban J connectivity index is 1.89. The van der Waals surface area contributed by atoms with E-state index in [1.807, 2.05) is 53.2 Å². The number of hydrogen-bond acceptors (Lipinski definition) is 5. The third-order valence-corrected chi connectivity index (χ3v) is 4.09. The number of tetrazole rings is 1. The first-order valence-electron chi connectivity index (χ1n) is 7.03. The normalized spacial score (nSPS) is 19.0. The summed E-state index contributed by atoms with van der Waals surface area (Å²) in [5.74, 6) is 1.58. The van der Waals surface area contributed by atoms with E-state index in [-0.39, 0.29) is 0 Å². The minimum Gasteiger partial charge on any atom is -0.497 e. The van der Waals surface area contributed by atoms with Crippen LogP contribution in [-0.2, 0) is 5.66 Å². The molecular weight excluding hydrogens is 278 g/mol. The van der Waals surface area contributed by atoms with Crippen LogP contribution in [0.2, 0.25) is 0 Å². The molecule has 0 spiro atoms. The lowest BCUT2D eigenvalue weighted by molar-refractivity contribution is 0.390. The Morgan fingerprint density at radius 1 is 1.09 bits per heavy atom. The van der Waals surface area contributed by atoms with Gasteiger partial charge in [-0.15, -0.1) is 5.10 Å². The highest BCUT2D eigenvalue weighted by Crippen LogP contribution is 2.39. The fourth-order valence-electron chi connectivity index (χ4n) is 2.87. The molecule has 0 amide bonds. The summed E-state index contributed by atoms with van der Waals surface area (Å²) >= 11 is 0. The van der Waals surface area contributed by atoms with E-state index in [1.165, 1.54) is 0 Å². The van der Waals surface area contributed by atoms with Gasteiger partial charge in [-0.3, -0.25) is 0 Å². The molecule has 0 saturated carbocycles. The van der Waals surface area contributed by atoms with Gasteiger partial charge in [0, 0.05) is 11.3 Å². The number of rotatable bonds is 2. The van der Waals surface area contributed by atoms with Gasteiger partial charge in [-0.25, -0.2) is 0 Å². The SMILES string of the molecule is COc1ccc(C2(C)Nc3ccccc3-c3nnnn32)cc1. The first-order chi connectivity index (χ1) is 10.7. The van der Waals surface area contributed by atoms with Crippen LogP contribution in [0.3, 0.4) is 0 Å². The van der Waals surface area contributed by atoms with Crippen molar-refractivity contribution < 1.29 is 4.74 Å². The molecule has 2 aromatic carbocycles. The summed E-state index contributed by atoms with van der Waals surface area (Å²) in [6.07, 6.45) is 0. The molecule has 1 N–H and O–H groups in total. The number of nitrogens with one attached hydrogen (secondary N) is 1. The number of aromatic nitrogens is 4. The monoisotopic (exact) mass is 293 g/mol. The minimum atomic E-state index is -0.556. The predicted octanol–water partition coefficient (Wildman–Crippen LogP) is 2.50. The van der Waals surface area contributed by atoms with Crippen LogP contribution in [0.15, 0.2) is 48.5 Å². The van der Waals surface area contributed by atoms with E-state index in [2.05, 4.69) is 27.8 Å². The predicted molar refractivity (Wildman–Crippen MR) is 82.6 cm³/mol. The van der Waals surface area contributed by atoms with Crippen molar-refractivity contribution in [2.24, 2.45) is 0 Å². The number of fused-ring (bicyclic) bond motifs is 3. The molecule has 6 nitrogen and oxygen atoms in total. The Kier molecular flexibility index (Phi) is 2.66. The molecule has 1 aliphatic rings. The first-order valence-corrected chi connectivity index (χ1v) is 7.03. The van der Waals surface area contributed by atoms with Crippen LogP contribution in [0.1, 0.15) is 12.5 Å². The topological polar surface area (TPSA) is 64.9 Å². The summed E-state index contributed by atoms with van der Waals surface area (Å²) in [6.45, 7) is 2.06. The van der Waals surface area contributed by atoms with Gasteiger partial charge in [0.05, 0.1) is 7.11 Å². The van der Waals surface area contributed by atoms with E-state index < -0.39 is 5.66 Å². The minimum absolute atomic E-state index is 0.556. The Bertz CT molecular complexity index is 827. The molecule has 110 valence electrons. The van der Waals surface area contributed by atoms with Crippen LogP contribution in [0.25, 0.3) is 11.4 Å². The van der Waals surface area contributed by atoms with Crippen LogP contribution in [0.5, 0.6) is 5.75 Å². The van der Waals surface area contributed by atoms with Gasteiger partial charge in [0.25, 0.3) is 0 Å². The smallest absolute Gasteiger partial charge is 0.186 e. The average Bonchev–Trinajstić information content (AvgIpc) is 3.06. The standard InChI is InChI=1S/C16H15N5O/c1-16(11-7-9-12(22-2)10-8-11)17-14-6-4-3-5-13(14)15-18-19-20-21(15)16/h3-10,17H,1-2H3. The molecule has 0 aliphatic carbocycles. The maximum atomic E-state index is 5.23. The molecule has 6 heteroatoms. The number of para-hydroxylation sites is 1. The van der Waals surface area contributed by atoms with Gasteiger partial charge < -0.3 is 10.1 Å². The zero-order valence-corrected chi connectivity index (χ0v) is 12.3. The maximum Gasteiger partial charge on any atom is 0.186 e. The second-order valence-electron chi connectivity index (χ2n) is 5.39. The Morgan fingerprint density at radius 3 is 2.64 bits per heavy atom. The van der Waals surface area contributed by atoms with Gasteiger partial charge in [-0.2, -0.15) is 4.68 Å². The average molecular weight is 293 g/mol. The molecule has 1 aromatic heterocycles. The van der Waals surface area contributed by atoms with E-state index in [1.54, 1.807) is 7.11 Å². The van der Waals surface area contributed by atoms with Crippen LogP contribution in [-0.4, -0.2) is 27.3 Å². The van der Waals surface area contributed by atoms with Crippen molar-refractivity contribution in [2.75, 3.05) is 12.4 Å². The lowest BCUT2D eigenvalue weighted by Gasteiger charge is -2.37. The number of benzene rings is 2. The van der Waals surface area contributed by atoms with Gasteiger partial charge in [-0.1, -0.05) is 24.3 Å². The van der Waals surface area contributed by atoms with E-state index in [0.717, 1.165) is 28.4 Å². The molecule has 1 unspecified atom stereocenters. The number of methoxy groups -OCH3 is 1. The molecule has 2 heterocycles. The van der Waals surface area contributed by atoms with Gasteiger partial charge in [0.15, 0.2) is 11.5 Å². The largest absolute Gasteiger partial charge is 0.497 e. The molecule has 3 aromatic rings. The number of ether oxygens (including phenoxy) is 1. The first kappa shape index (κ1) is 12.8. The van der Waals surface area contributed by atoms with Crippen molar-refractivity contribution in [1.29, 1.82) is 0 Å². The molecule has 1 atom stereocenters. The summed E-state index contributed by atoms with van der Waals surface area (Å²) < 4.78 is 7.05. The van der Waals surface area contributed by atoms with Crippen LogP contribution in [0, 0.1) is 0 Å². The summed E-state index contributed by atoms with van der Waals surface area (Å²) in [6, 6.07) is 15.9. The van der Waals surface area contributed by atoms with Crippen molar-refractivity contribution in [1.82, 2.24) is 20.2 Å². The van der Waals surface area contributed by atoms with Crippen LogP contribution < -0.4 is 10.1 Å². The summed E-state index contributed by atoms with van der Waals surface area (Å²) in [7, 11) is 1.66. The van der Waals surface area contributed by atoms with Crippen molar-refractivity contribution in [3.8, 4) is 17.1 Å². The molecule has 4 rings (SSSR count). The fraction of sp³-hybridized carbons (Fsp3) is 0.188. The van der Waals surface area contributed by atoms with Crippen molar-refractivity contribution >= 4 is 5.69 Å². The molecule has 1 aliphatic heterocycles. The van der Waals surface area contributed by atoms with Gasteiger partial charge in [0.1, 0.15) is 5.75 Å². The fourth-order valence-corrected chi connectivity index (χ4v) is 2.87. The quantitative estimate of drug-likeness (QED) is 0.786. The van der Waals surface area contributed by atoms with Crippen LogP contribution >= 0.6 is 0 Å². The highest BCUT2D eigenvalue weighted by molar-refractivity contribution is 5.76. The van der Waals surface area contributed by atoms with Crippen molar-refractivity contribution in [3.63, 3.8) is 0 Å². The van der Waals surface area contributed by atoms with Gasteiger partial charge in [-0.05, 0) is 47.2 Å². The molecule has 0 bridgehead atoms. The zero-order valence-electron chi connectivity index (χ0n) is 12.3.